The number of anilines is 1. The van der Waals surface area contributed by atoms with Crippen LogP contribution in [0.4, 0.5) is 5.82 Å². The molecule has 2 aromatic rings. The average Bonchev–Trinajstić information content (AvgIpc) is 2.79. The molecule has 0 amide bonds. The van der Waals surface area contributed by atoms with Gasteiger partial charge in [-0.1, -0.05) is 0 Å². The fourth-order valence-electron chi connectivity index (χ4n) is 1.39. The maximum atomic E-state index is 10.6. The molecule has 0 atom stereocenters. The molecule has 0 aliphatic carbocycles. The smallest absolute Gasteiger partial charge is 0.371 e. The lowest BCUT2D eigenvalue weighted by atomic mass is 10.3. The molecule has 0 unspecified atom stereocenters. The number of aromatic carboxylic acids is 1. The van der Waals surface area contributed by atoms with Crippen LogP contribution in [0.25, 0.3) is 0 Å². The molecule has 0 aliphatic heterocycles. The highest BCUT2D eigenvalue weighted by Gasteiger charge is 2.08. The molecule has 0 aliphatic rings. The fourth-order valence-corrected chi connectivity index (χ4v) is 1.39. The topological polar surface area (TPSA) is 88.2 Å². The van der Waals surface area contributed by atoms with E-state index in [9.17, 15) is 4.79 Å². The van der Waals surface area contributed by atoms with Gasteiger partial charge in [-0.25, -0.2) is 9.78 Å². The molecular weight excluding hydrogens is 234 g/mol. The zero-order valence-corrected chi connectivity index (χ0v) is 10.1. The van der Waals surface area contributed by atoms with Crippen molar-refractivity contribution in [2.45, 2.75) is 20.4 Å². The van der Waals surface area contributed by atoms with E-state index in [0.717, 1.165) is 11.4 Å². The summed E-state index contributed by atoms with van der Waals surface area (Å²) in [6.07, 6.45) is 1.63. The van der Waals surface area contributed by atoms with Crippen molar-refractivity contribution >= 4 is 11.8 Å². The number of rotatable bonds is 4. The molecule has 0 spiro atoms. The Labute approximate surface area is 104 Å². The number of nitrogens with zero attached hydrogens (tertiary/aromatic N) is 2. The summed E-state index contributed by atoms with van der Waals surface area (Å²) in [7, 11) is 0. The minimum atomic E-state index is -1.08. The van der Waals surface area contributed by atoms with Gasteiger partial charge < -0.3 is 14.8 Å². The lowest BCUT2D eigenvalue weighted by molar-refractivity contribution is 0.0660. The zero-order chi connectivity index (χ0) is 13.1. The quantitative estimate of drug-likeness (QED) is 0.859. The number of nitrogens with one attached hydrogen (secondary N) is 1. The molecule has 0 fully saturated rings. The number of furan rings is 1. The van der Waals surface area contributed by atoms with Gasteiger partial charge in [0.25, 0.3) is 0 Å². The van der Waals surface area contributed by atoms with Gasteiger partial charge in [0.15, 0.2) is 0 Å². The molecule has 0 radical (unpaired) electrons. The highest BCUT2D eigenvalue weighted by Crippen LogP contribution is 2.11. The first-order valence-corrected chi connectivity index (χ1v) is 5.42. The van der Waals surface area contributed by atoms with E-state index in [2.05, 4.69) is 15.3 Å². The Kier molecular flexibility index (Phi) is 3.27. The Morgan fingerprint density at radius 1 is 1.39 bits per heavy atom. The van der Waals surface area contributed by atoms with Crippen molar-refractivity contribution in [2.75, 3.05) is 5.32 Å². The molecule has 0 saturated heterocycles. The Bertz CT molecular complexity index is 578. The van der Waals surface area contributed by atoms with Gasteiger partial charge in [-0.15, -0.1) is 0 Å². The predicted molar refractivity (Wildman–Crippen MR) is 64.5 cm³/mol. The standard InChI is InChI=1S/C12H13N3O3/c1-7-8(2)15-11(6-13-7)14-5-9-3-4-10(18-9)12(16)17/h3-4,6H,5H2,1-2H3,(H,14,15)(H,16,17). The van der Waals surface area contributed by atoms with Crippen LogP contribution in [0.3, 0.4) is 0 Å². The van der Waals surface area contributed by atoms with Crippen molar-refractivity contribution in [3.63, 3.8) is 0 Å². The van der Waals surface area contributed by atoms with Crippen molar-refractivity contribution < 1.29 is 14.3 Å². The lowest BCUT2D eigenvalue weighted by Crippen LogP contribution is -2.03. The van der Waals surface area contributed by atoms with Crippen LogP contribution in [0, 0.1) is 13.8 Å². The van der Waals surface area contributed by atoms with E-state index in [0.29, 0.717) is 18.1 Å². The van der Waals surface area contributed by atoms with Gasteiger partial charge in [0.2, 0.25) is 5.76 Å². The number of hydrogen-bond acceptors (Lipinski definition) is 5. The first kappa shape index (κ1) is 12.1. The van der Waals surface area contributed by atoms with E-state index >= 15 is 0 Å². The Morgan fingerprint density at radius 3 is 2.78 bits per heavy atom. The van der Waals surface area contributed by atoms with E-state index in [1.165, 1.54) is 6.07 Å². The number of carboxylic acid groups (broad SMARTS) is 1. The minimum absolute atomic E-state index is 0.0713. The van der Waals surface area contributed by atoms with E-state index < -0.39 is 5.97 Å². The van der Waals surface area contributed by atoms with Crippen LogP contribution in [0.2, 0.25) is 0 Å². The molecule has 2 aromatic heterocycles. The van der Waals surface area contributed by atoms with Gasteiger partial charge in [-0.3, -0.25) is 4.98 Å². The third kappa shape index (κ3) is 2.65. The minimum Gasteiger partial charge on any atom is -0.475 e. The molecule has 0 aromatic carbocycles. The van der Waals surface area contributed by atoms with E-state index in [-0.39, 0.29) is 5.76 Å². The van der Waals surface area contributed by atoms with Gasteiger partial charge in [0.05, 0.1) is 24.1 Å². The van der Waals surface area contributed by atoms with Gasteiger partial charge >= 0.3 is 5.97 Å². The number of aromatic nitrogens is 2. The van der Waals surface area contributed by atoms with Crippen LogP contribution >= 0.6 is 0 Å². The van der Waals surface area contributed by atoms with Crippen molar-refractivity contribution in [2.24, 2.45) is 0 Å². The van der Waals surface area contributed by atoms with Crippen LogP contribution < -0.4 is 5.32 Å². The highest BCUT2D eigenvalue weighted by atomic mass is 16.4. The third-order valence-corrected chi connectivity index (χ3v) is 2.51. The summed E-state index contributed by atoms with van der Waals surface area (Å²) < 4.78 is 5.11. The molecule has 2 N–H and O–H groups in total. The first-order chi connectivity index (χ1) is 8.56. The Balaban J connectivity index is 2.02. The van der Waals surface area contributed by atoms with E-state index in [4.69, 9.17) is 9.52 Å². The maximum Gasteiger partial charge on any atom is 0.371 e. The summed E-state index contributed by atoms with van der Waals surface area (Å²) in [6.45, 7) is 4.13. The molecule has 0 bridgehead atoms. The summed E-state index contributed by atoms with van der Waals surface area (Å²) in [5.74, 6) is 0.0176. The molecular formula is C12H13N3O3. The largest absolute Gasteiger partial charge is 0.475 e. The summed E-state index contributed by atoms with van der Waals surface area (Å²) in [6, 6.07) is 3.04. The highest BCUT2D eigenvalue weighted by molar-refractivity contribution is 5.84. The van der Waals surface area contributed by atoms with Crippen LogP contribution in [0.15, 0.2) is 22.7 Å². The molecule has 0 saturated carbocycles. The van der Waals surface area contributed by atoms with E-state index in [1.54, 1.807) is 12.3 Å². The summed E-state index contributed by atoms with van der Waals surface area (Å²) in [5, 5.41) is 11.7. The number of hydrogen-bond donors (Lipinski definition) is 2. The monoisotopic (exact) mass is 247 g/mol. The van der Waals surface area contributed by atoms with Crippen LogP contribution in [-0.2, 0) is 6.54 Å². The Hall–Kier alpha value is -2.37. The van der Waals surface area contributed by atoms with Crippen LogP contribution in [-0.4, -0.2) is 21.0 Å². The SMILES string of the molecule is Cc1ncc(NCc2ccc(C(=O)O)o2)nc1C. The molecule has 6 heteroatoms. The first-order valence-electron chi connectivity index (χ1n) is 5.42. The zero-order valence-electron chi connectivity index (χ0n) is 10.1. The molecule has 6 nitrogen and oxygen atoms in total. The summed E-state index contributed by atoms with van der Waals surface area (Å²) in [4.78, 5) is 19.1. The number of carbonyl (C=O) groups is 1. The second kappa shape index (κ2) is 4.87. The van der Waals surface area contributed by atoms with Crippen LogP contribution in [0.1, 0.15) is 27.7 Å². The third-order valence-electron chi connectivity index (χ3n) is 2.51. The second-order valence-corrected chi connectivity index (χ2v) is 3.85. The van der Waals surface area contributed by atoms with Crippen molar-refractivity contribution in [1.82, 2.24) is 9.97 Å². The molecule has 2 rings (SSSR count). The van der Waals surface area contributed by atoms with Gasteiger partial charge in [-0.05, 0) is 26.0 Å². The predicted octanol–water partition coefficient (Wildman–Crippen LogP) is 2.00. The fraction of sp³-hybridized carbons (Fsp3) is 0.250. The van der Waals surface area contributed by atoms with Crippen molar-refractivity contribution in [3.8, 4) is 0 Å². The van der Waals surface area contributed by atoms with Crippen LogP contribution in [0.5, 0.6) is 0 Å². The summed E-state index contributed by atoms with van der Waals surface area (Å²) >= 11 is 0. The lowest BCUT2D eigenvalue weighted by Gasteiger charge is -2.05. The van der Waals surface area contributed by atoms with Gasteiger partial charge in [-0.2, -0.15) is 0 Å². The molecule has 2 heterocycles. The molecule has 18 heavy (non-hydrogen) atoms. The molecule has 94 valence electrons. The van der Waals surface area contributed by atoms with Gasteiger partial charge in [0, 0.05) is 0 Å². The number of aryl methyl sites for hydroxylation is 2. The average molecular weight is 247 g/mol. The summed E-state index contributed by atoms with van der Waals surface area (Å²) in [5.41, 5.74) is 1.73. The second-order valence-electron chi connectivity index (χ2n) is 3.85. The Morgan fingerprint density at radius 2 is 2.17 bits per heavy atom. The maximum absolute atomic E-state index is 10.6. The van der Waals surface area contributed by atoms with Crippen molar-refractivity contribution in [1.29, 1.82) is 0 Å². The van der Waals surface area contributed by atoms with Gasteiger partial charge in [0.1, 0.15) is 11.6 Å². The normalized spacial score (nSPS) is 10.3. The van der Waals surface area contributed by atoms with Crippen molar-refractivity contribution in [3.05, 3.63) is 41.2 Å². The number of carboxylic acids is 1. The van der Waals surface area contributed by atoms with E-state index in [1.807, 2.05) is 13.8 Å².